The zero-order valence-corrected chi connectivity index (χ0v) is 9.91. The van der Waals surface area contributed by atoms with Crippen LogP contribution in [0.2, 0.25) is 0 Å². The van der Waals surface area contributed by atoms with E-state index in [1.54, 1.807) is 10.7 Å². The molecule has 0 aromatic carbocycles. The van der Waals surface area contributed by atoms with Gasteiger partial charge in [-0.2, -0.15) is 21.4 Å². The van der Waals surface area contributed by atoms with Crippen LogP contribution in [0.1, 0.15) is 12.1 Å². The third kappa shape index (κ3) is 1.75. The van der Waals surface area contributed by atoms with Gasteiger partial charge in [-0.05, 0) is 19.1 Å². The quantitative estimate of drug-likeness (QED) is 0.797. The maximum absolute atomic E-state index is 5.97. The lowest BCUT2D eigenvalue weighted by molar-refractivity contribution is 0.214. The molecule has 2 aromatic rings. The average molecular weight is 235 g/mol. The Morgan fingerprint density at radius 3 is 3.31 bits per heavy atom. The summed E-state index contributed by atoms with van der Waals surface area (Å²) in [5, 5.41) is 4.22. The van der Waals surface area contributed by atoms with Gasteiger partial charge in [0.1, 0.15) is 6.10 Å². The molecular formula is C11H13N3OS. The number of nitrogens with zero attached hydrogens (tertiary/aromatic N) is 3. The fourth-order valence-electron chi connectivity index (χ4n) is 1.86. The fourth-order valence-corrected chi connectivity index (χ4v) is 2.96. The lowest BCUT2D eigenvalue weighted by Gasteiger charge is -2.13. The SMILES string of the molecule is Cc1cc(OC2CCSC2)n2nccc2n1. The number of rotatable bonds is 2. The normalized spacial score (nSPS) is 20.4. The van der Waals surface area contributed by atoms with Gasteiger partial charge in [0.05, 0.1) is 6.20 Å². The van der Waals surface area contributed by atoms with Crippen LogP contribution in [0.4, 0.5) is 0 Å². The van der Waals surface area contributed by atoms with Crippen LogP contribution < -0.4 is 4.74 Å². The van der Waals surface area contributed by atoms with Crippen molar-refractivity contribution in [3.05, 3.63) is 24.0 Å². The Kier molecular flexibility index (Phi) is 2.47. The lowest BCUT2D eigenvalue weighted by atomic mass is 10.3. The molecule has 1 aliphatic rings. The zero-order valence-electron chi connectivity index (χ0n) is 9.09. The third-order valence-electron chi connectivity index (χ3n) is 2.63. The predicted molar refractivity (Wildman–Crippen MR) is 64.1 cm³/mol. The van der Waals surface area contributed by atoms with Crippen molar-refractivity contribution in [2.75, 3.05) is 11.5 Å². The van der Waals surface area contributed by atoms with E-state index < -0.39 is 0 Å². The number of fused-ring (bicyclic) bond motifs is 1. The molecule has 84 valence electrons. The van der Waals surface area contributed by atoms with Crippen LogP contribution in [0.5, 0.6) is 5.88 Å². The molecule has 1 atom stereocenters. The van der Waals surface area contributed by atoms with Gasteiger partial charge in [0.25, 0.3) is 0 Å². The second kappa shape index (κ2) is 3.97. The van der Waals surface area contributed by atoms with E-state index in [0.29, 0.717) is 6.10 Å². The largest absolute Gasteiger partial charge is 0.473 e. The molecular weight excluding hydrogens is 222 g/mol. The van der Waals surface area contributed by atoms with E-state index in [-0.39, 0.29) is 0 Å². The van der Waals surface area contributed by atoms with E-state index >= 15 is 0 Å². The van der Waals surface area contributed by atoms with Crippen LogP contribution in [0.15, 0.2) is 18.3 Å². The van der Waals surface area contributed by atoms with E-state index in [4.69, 9.17) is 4.74 Å². The highest BCUT2D eigenvalue weighted by atomic mass is 32.2. The van der Waals surface area contributed by atoms with Crippen molar-refractivity contribution in [2.45, 2.75) is 19.4 Å². The van der Waals surface area contributed by atoms with Crippen LogP contribution in [-0.4, -0.2) is 32.2 Å². The van der Waals surface area contributed by atoms with Gasteiger partial charge in [0.2, 0.25) is 5.88 Å². The highest BCUT2D eigenvalue weighted by Gasteiger charge is 2.18. The second-order valence-corrected chi connectivity index (χ2v) is 5.09. The van der Waals surface area contributed by atoms with Crippen molar-refractivity contribution in [3.8, 4) is 5.88 Å². The molecule has 0 saturated carbocycles. The van der Waals surface area contributed by atoms with Crippen molar-refractivity contribution in [1.29, 1.82) is 0 Å². The topological polar surface area (TPSA) is 39.4 Å². The van der Waals surface area contributed by atoms with Gasteiger partial charge in [0, 0.05) is 23.6 Å². The molecule has 1 fully saturated rings. The molecule has 0 spiro atoms. The summed E-state index contributed by atoms with van der Waals surface area (Å²) in [6.07, 6.45) is 3.19. The Labute approximate surface area is 98.0 Å². The summed E-state index contributed by atoms with van der Waals surface area (Å²) >= 11 is 1.94. The van der Waals surface area contributed by atoms with E-state index in [0.717, 1.165) is 29.4 Å². The molecule has 0 radical (unpaired) electrons. The molecule has 16 heavy (non-hydrogen) atoms. The summed E-state index contributed by atoms with van der Waals surface area (Å²) in [5.74, 6) is 3.07. The van der Waals surface area contributed by atoms with Crippen molar-refractivity contribution in [3.63, 3.8) is 0 Å². The molecule has 0 N–H and O–H groups in total. The standard InChI is InChI=1S/C11H13N3OS/c1-8-6-11(15-9-3-5-16-7-9)14-10(13-8)2-4-12-14/h2,4,6,9H,3,5,7H2,1H3. The number of hydrogen-bond donors (Lipinski definition) is 0. The van der Waals surface area contributed by atoms with Crippen LogP contribution in [0.25, 0.3) is 5.65 Å². The number of hydrogen-bond acceptors (Lipinski definition) is 4. The van der Waals surface area contributed by atoms with E-state index in [9.17, 15) is 0 Å². The maximum Gasteiger partial charge on any atom is 0.218 e. The molecule has 3 heterocycles. The monoisotopic (exact) mass is 235 g/mol. The van der Waals surface area contributed by atoms with E-state index in [1.165, 1.54) is 5.75 Å². The molecule has 0 aliphatic carbocycles. The first-order chi connectivity index (χ1) is 7.83. The maximum atomic E-state index is 5.97. The van der Waals surface area contributed by atoms with Crippen molar-refractivity contribution in [1.82, 2.24) is 14.6 Å². The van der Waals surface area contributed by atoms with Gasteiger partial charge in [0.15, 0.2) is 5.65 Å². The summed E-state index contributed by atoms with van der Waals surface area (Å²) in [6, 6.07) is 3.84. The minimum absolute atomic E-state index is 0.319. The molecule has 0 amide bonds. The first kappa shape index (κ1) is 9.96. The van der Waals surface area contributed by atoms with Crippen LogP contribution >= 0.6 is 11.8 Å². The van der Waals surface area contributed by atoms with Crippen LogP contribution in [0, 0.1) is 6.92 Å². The molecule has 2 aromatic heterocycles. The second-order valence-electron chi connectivity index (χ2n) is 3.94. The van der Waals surface area contributed by atoms with Crippen molar-refractivity contribution < 1.29 is 4.74 Å². The molecule has 4 nitrogen and oxygen atoms in total. The van der Waals surface area contributed by atoms with E-state index in [2.05, 4.69) is 10.1 Å². The molecule has 0 bridgehead atoms. The highest BCUT2D eigenvalue weighted by Crippen LogP contribution is 2.23. The first-order valence-electron chi connectivity index (χ1n) is 5.39. The lowest BCUT2D eigenvalue weighted by Crippen LogP contribution is -2.17. The Bertz CT molecular complexity index is 505. The highest BCUT2D eigenvalue weighted by molar-refractivity contribution is 7.99. The molecule has 1 unspecified atom stereocenters. The Morgan fingerprint density at radius 2 is 2.50 bits per heavy atom. The summed E-state index contributed by atoms with van der Waals surface area (Å²) in [7, 11) is 0. The Hall–Kier alpha value is -1.23. The zero-order chi connectivity index (χ0) is 11.0. The summed E-state index contributed by atoms with van der Waals surface area (Å²) in [5.41, 5.74) is 1.81. The van der Waals surface area contributed by atoms with Gasteiger partial charge < -0.3 is 4.74 Å². The van der Waals surface area contributed by atoms with Gasteiger partial charge >= 0.3 is 0 Å². The minimum Gasteiger partial charge on any atom is -0.473 e. The molecule has 1 saturated heterocycles. The fraction of sp³-hybridized carbons (Fsp3) is 0.455. The molecule has 1 aliphatic heterocycles. The summed E-state index contributed by atoms with van der Waals surface area (Å²) < 4.78 is 7.73. The van der Waals surface area contributed by atoms with Gasteiger partial charge in [-0.3, -0.25) is 0 Å². The van der Waals surface area contributed by atoms with Crippen LogP contribution in [-0.2, 0) is 0 Å². The van der Waals surface area contributed by atoms with Gasteiger partial charge in [-0.25, -0.2) is 4.98 Å². The van der Waals surface area contributed by atoms with Crippen molar-refractivity contribution >= 4 is 17.4 Å². The van der Waals surface area contributed by atoms with Crippen molar-refractivity contribution in [2.24, 2.45) is 0 Å². The average Bonchev–Trinajstić information content (AvgIpc) is 2.87. The third-order valence-corrected chi connectivity index (χ3v) is 3.76. The van der Waals surface area contributed by atoms with E-state index in [1.807, 2.05) is 30.8 Å². The van der Waals surface area contributed by atoms with Gasteiger partial charge in [-0.1, -0.05) is 0 Å². The van der Waals surface area contributed by atoms with Crippen LogP contribution in [0.3, 0.4) is 0 Å². The summed E-state index contributed by atoms with van der Waals surface area (Å²) in [6.45, 7) is 1.98. The number of aryl methyl sites for hydroxylation is 1. The van der Waals surface area contributed by atoms with Gasteiger partial charge in [-0.15, -0.1) is 0 Å². The number of aromatic nitrogens is 3. The molecule has 3 rings (SSSR count). The Morgan fingerprint density at radius 1 is 1.56 bits per heavy atom. The minimum atomic E-state index is 0.319. The molecule has 5 heteroatoms. The predicted octanol–water partition coefficient (Wildman–Crippen LogP) is 1.92. The summed E-state index contributed by atoms with van der Waals surface area (Å²) in [4.78, 5) is 4.39. The Balaban J connectivity index is 1.97. The number of ether oxygens (including phenoxy) is 1. The first-order valence-corrected chi connectivity index (χ1v) is 6.54. The number of thioether (sulfide) groups is 1. The smallest absolute Gasteiger partial charge is 0.218 e.